The molecule has 0 radical (unpaired) electrons. The van der Waals surface area contributed by atoms with Gasteiger partial charge in [0.2, 0.25) is 0 Å². The van der Waals surface area contributed by atoms with Crippen molar-refractivity contribution in [2.24, 2.45) is 0 Å². The third kappa shape index (κ3) is 5.46. The number of carbonyl (C=O) groups is 2. The Balaban J connectivity index is 1.98. The zero-order valence-corrected chi connectivity index (χ0v) is 19.4. The van der Waals surface area contributed by atoms with Crippen LogP contribution in [0.15, 0.2) is 77.2 Å². The molecule has 34 heavy (non-hydrogen) atoms. The molecule has 0 saturated heterocycles. The van der Waals surface area contributed by atoms with Gasteiger partial charge in [-0.05, 0) is 60.5 Å². The summed E-state index contributed by atoms with van der Waals surface area (Å²) in [5, 5.41) is 12.4. The fourth-order valence-corrected chi connectivity index (χ4v) is 4.34. The minimum atomic E-state index is -4.28. The molecule has 10 heteroatoms. The van der Waals surface area contributed by atoms with Crippen molar-refractivity contribution >= 4 is 44.4 Å². The monoisotopic (exact) mass is 481 g/mol. The number of nitrogens with zero attached hydrogens (tertiary/aromatic N) is 2. The molecule has 3 aromatic carbocycles. The molecule has 0 fully saturated rings. The fraction of sp³-hybridized carbons (Fsp3) is 0.167. The van der Waals surface area contributed by atoms with Gasteiger partial charge in [-0.1, -0.05) is 30.3 Å². The minimum absolute atomic E-state index is 0.121. The molecule has 0 bridgehead atoms. The SMILES string of the molecule is CCN(CC)C(=O)C(=Cc1ccc([N+](=O)[O-])cc1)C(=O)NS(=O)(=O)c1ccc2ccccc2c1. The van der Waals surface area contributed by atoms with Gasteiger partial charge in [-0.3, -0.25) is 19.7 Å². The van der Waals surface area contributed by atoms with E-state index >= 15 is 0 Å². The van der Waals surface area contributed by atoms with Crippen LogP contribution in [-0.2, 0) is 19.6 Å². The molecule has 3 aromatic rings. The lowest BCUT2D eigenvalue weighted by atomic mass is 10.1. The van der Waals surface area contributed by atoms with Crippen LogP contribution in [0.4, 0.5) is 5.69 Å². The van der Waals surface area contributed by atoms with E-state index < -0.39 is 32.3 Å². The van der Waals surface area contributed by atoms with Gasteiger partial charge in [0.05, 0.1) is 9.82 Å². The Hall–Kier alpha value is -4.05. The number of carbonyl (C=O) groups excluding carboxylic acids is 2. The third-order valence-corrected chi connectivity index (χ3v) is 6.53. The van der Waals surface area contributed by atoms with Crippen LogP contribution >= 0.6 is 0 Å². The zero-order chi connectivity index (χ0) is 24.9. The summed E-state index contributed by atoms with van der Waals surface area (Å²) >= 11 is 0. The van der Waals surface area contributed by atoms with Crippen LogP contribution in [0.5, 0.6) is 0 Å². The quantitative estimate of drug-likeness (QED) is 0.172. The number of likely N-dealkylation sites (N-methyl/N-ethyl adjacent to an activating group) is 1. The van der Waals surface area contributed by atoms with E-state index in [-0.39, 0.29) is 10.6 Å². The first-order valence-electron chi connectivity index (χ1n) is 10.5. The summed E-state index contributed by atoms with van der Waals surface area (Å²) < 4.78 is 27.9. The topological polar surface area (TPSA) is 127 Å². The lowest BCUT2D eigenvalue weighted by Crippen LogP contribution is -2.39. The van der Waals surface area contributed by atoms with Crippen molar-refractivity contribution < 1.29 is 22.9 Å². The number of amides is 2. The van der Waals surface area contributed by atoms with Gasteiger partial charge < -0.3 is 4.90 Å². The normalized spacial score (nSPS) is 11.8. The van der Waals surface area contributed by atoms with Crippen molar-refractivity contribution in [3.63, 3.8) is 0 Å². The van der Waals surface area contributed by atoms with Gasteiger partial charge in [0.25, 0.3) is 27.5 Å². The van der Waals surface area contributed by atoms with Gasteiger partial charge >= 0.3 is 0 Å². The number of hydrogen-bond acceptors (Lipinski definition) is 6. The number of nitrogens with one attached hydrogen (secondary N) is 1. The molecule has 0 atom stereocenters. The van der Waals surface area contributed by atoms with E-state index in [1.54, 1.807) is 32.0 Å². The first-order valence-corrected chi connectivity index (χ1v) is 12.0. The number of nitro benzene ring substituents is 1. The molecule has 176 valence electrons. The highest BCUT2D eigenvalue weighted by molar-refractivity contribution is 7.90. The summed E-state index contributed by atoms with van der Waals surface area (Å²) in [4.78, 5) is 37.6. The van der Waals surface area contributed by atoms with Crippen molar-refractivity contribution in [3.8, 4) is 0 Å². The number of rotatable bonds is 8. The highest BCUT2D eigenvalue weighted by Crippen LogP contribution is 2.20. The van der Waals surface area contributed by atoms with E-state index in [1.165, 1.54) is 47.4 Å². The maximum absolute atomic E-state index is 13.0. The van der Waals surface area contributed by atoms with Crippen LogP contribution < -0.4 is 4.72 Å². The number of hydrogen-bond donors (Lipinski definition) is 1. The molecule has 0 aromatic heterocycles. The van der Waals surface area contributed by atoms with Gasteiger partial charge in [-0.25, -0.2) is 13.1 Å². The second-order valence-corrected chi connectivity index (χ2v) is 9.01. The van der Waals surface area contributed by atoms with Gasteiger partial charge in [-0.2, -0.15) is 0 Å². The van der Waals surface area contributed by atoms with E-state index in [2.05, 4.69) is 0 Å². The smallest absolute Gasteiger partial charge is 0.270 e. The molecule has 0 heterocycles. The summed E-state index contributed by atoms with van der Waals surface area (Å²) in [5.41, 5.74) is -0.224. The highest BCUT2D eigenvalue weighted by atomic mass is 32.2. The van der Waals surface area contributed by atoms with Crippen molar-refractivity contribution in [3.05, 3.63) is 88.0 Å². The first-order chi connectivity index (χ1) is 16.2. The van der Waals surface area contributed by atoms with Crippen LogP contribution in [0.2, 0.25) is 0 Å². The molecular weight excluding hydrogens is 458 g/mol. The minimum Gasteiger partial charge on any atom is -0.339 e. The molecule has 0 saturated carbocycles. The molecule has 2 amide bonds. The Labute approximate surface area is 196 Å². The van der Waals surface area contributed by atoms with Crippen LogP contribution in [0, 0.1) is 10.1 Å². The van der Waals surface area contributed by atoms with Crippen molar-refractivity contribution in [1.29, 1.82) is 0 Å². The van der Waals surface area contributed by atoms with E-state index in [1.807, 2.05) is 16.9 Å². The number of sulfonamides is 1. The Morgan fingerprint density at radius 2 is 1.59 bits per heavy atom. The summed E-state index contributed by atoms with van der Waals surface area (Å²) in [7, 11) is -4.28. The Morgan fingerprint density at radius 1 is 0.971 bits per heavy atom. The highest BCUT2D eigenvalue weighted by Gasteiger charge is 2.27. The number of benzene rings is 3. The third-order valence-electron chi connectivity index (χ3n) is 5.20. The standard InChI is InChI=1S/C24H23N3O6S/c1-3-26(4-2)24(29)22(15-17-9-12-20(13-10-17)27(30)31)23(28)25-34(32,33)21-14-11-18-7-5-6-8-19(18)16-21/h5-16H,3-4H2,1-2H3,(H,25,28). The molecule has 0 aliphatic heterocycles. The summed E-state index contributed by atoms with van der Waals surface area (Å²) in [6.07, 6.45) is 1.22. The maximum atomic E-state index is 13.0. The van der Waals surface area contributed by atoms with Crippen LogP contribution in [-0.4, -0.2) is 43.1 Å². The zero-order valence-electron chi connectivity index (χ0n) is 18.6. The molecule has 0 aliphatic rings. The second-order valence-electron chi connectivity index (χ2n) is 7.33. The van der Waals surface area contributed by atoms with E-state index in [0.717, 1.165) is 5.39 Å². The predicted octanol–water partition coefficient (Wildman–Crippen LogP) is 3.50. The molecule has 1 N–H and O–H groups in total. The van der Waals surface area contributed by atoms with Crippen molar-refractivity contribution in [1.82, 2.24) is 9.62 Å². The summed E-state index contributed by atoms with van der Waals surface area (Å²) in [6, 6.07) is 16.8. The summed E-state index contributed by atoms with van der Waals surface area (Å²) in [5.74, 6) is -1.75. The van der Waals surface area contributed by atoms with E-state index in [4.69, 9.17) is 0 Å². The predicted molar refractivity (Wildman–Crippen MR) is 128 cm³/mol. The molecule has 0 unspecified atom stereocenters. The summed E-state index contributed by atoms with van der Waals surface area (Å²) in [6.45, 7) is 4.07. The lowest BCUT2D eigenvalue weighted by molar-refractivity contribution is -0.384. The largest absolute Gasteiger partial charge is 0.339 e. The number of nitro groups is 1. The van der Waals surface area contributed by atoms with Gasteiger partial charge in [0, 0.05) is 25.2 Å². The molecule has 3 rings (SSSR count). The van der Waals surface area contributed by atoms with Crippen LogP contribution in [0.1, 0.15) is 19.4 Å². The average Bonchev–Trinajstić information content (AvgIpc) is 2.82. The van der Waals surface area contributed by atoms with Gasteiger partial charge in [-0.15, -0.1) is 0 Å². The van der Waals surface area contributed by atoms with Crippen LogP contribution in [0.3, 0.4) is 0 Å². The Morgan fingerprint density at radius 3 is 2.18 bits per heavy atom. The first kappa shape index (κ1) is 24.6. The number of fused-ring (bicyclic) bond motifs is 1. The fourth-order valence-electron chi connectivity index (χ4n) is 3.34. The average molecular weight is 482 g/mol. The van der Waals surface area contributed by atoms with Crippen molar-refractivity contribution in [2.45, 2.75) is 18.7 Å². The van der Waals surface area contributed by atoms with Crippen molar-refractivity contribution in [2.75, 3.05) is 13.1 Å². The molecule has 9 nitrogen and oxygen atoms in total. The van der Waals surface area contributed by atoms with Crippen LogP contribution in [0.25, 0.3) is 16.8 Å². The molecule has 0 aliphatic carbocycles. The van der Waals surface area contributed by atoms with E-state index in [0.29, 0.717) is 24.0 Å². The second kappa shape index (κ2) is 10.3. The number of non-ortho nitro benzene ring substituents is 1. The molecular formula is C24H23N3O6S. The molecule has 0 spiro atoms. The Kier molecular flexibility index (Phi) is 7.42. The van der Waals surface area contributed by atoms with E-state index in [9.17, 15) is 28.1 Å². The lowest BCUT2D eigenvalue weighted by Gasteiger charge is -2.20. The Bertz CT molecular complexity index is 1380. The van der Waals surface area contributed by atoms with Gasteiger partial charge in [0.1, 0.15) is 5.57 Å². The van der Waals surface area contributed by atoms with Gasteiger partial charge in [0.15, 0.2) is 0 Å². The maximum Gasteiger partial charge on any atom is 0.270 e.